The lowest BCUT2D eigenvalue weighted by Crippen LogP contribution is -2.56. The van der Waals surface area contributed by atoms with E-state index in [9.17, 15) is 14.7 Å². The van der Waals surface area contributed by atoms with Crippen LogP contribution in [-0.4, -0.2) is 22.0 Å². The number of rotatable bonds is 2. The fourth-order valence-corrected chi connectivity index (χ4v) is 3.19. The van der Waals surface area contributed by atoms with Crippen LogP contribution in [0.1, 0.15) is 5.56 Å². The number of phenolic OH excluding ortho intramolecular Hbond substituents is 1. The Hall–Kier alpha value is -0.990. The summed E-state index contributed by atoms with van der Waals surface area (Å²) >= 11 is 11.1. The van der Waals surface area contributed by atoms with Gasteiger partial charge in [-0.05, 0) is 68.2 Å². The van der Waals surface area contributed by atoms with Gasteiger partial charge in [-0.15, -0.1) is 0 Å². The largest absolute Gasteiger partial charge is 0.506 e. The van der Waals surface area contributed by atoms with Crippen LogP contribution in [0.3, 0.4) is 0 Å². The molecule has 1 fully saturated rings. The van der Waals surface area contributed by atoms with E-state index in [1.165, 1.54) is 0 Å². The molecule has 0 atom stereocenters. The van der Waals surface area contributed by atoms with E-state index in [1.54, 1.807) is 12.1 Å². The van der Waals surface area contributed by atoms with Crippen molar-refractivity contribution >= 4 is 61.0 Å². The topological polar surface area (TPSA) is 78.4 Å². The van der Waals surface area contributed by atoms with Gasteiger partial charge < -0.3 is 15.7 Å². The van der Waals surface area contributed by atoms with Gasteiger partial charge in [0.15, 0.2) is 5.11 Å². The molecule has 0 aliphatic carbocycles. The molecule has 0 aromatic heterocycles. The van der Waals surface area contributed by atoms with Crippen molar-refractivity contribution in [2.75, 3.05) is 0 Å². The highest BCUT2D eigenvalue weighted by molar-refractivity contribution is 9.11. The smallest absolute Gasteiger partial charge is 0.239 e. The number of phenols is 1. The lowest BCUT2D eigenvalue weighted by Gasteiger charge is -2.22. The number of carbonyl (C=O) groups excluding carboxylic acids is 2. The zero-order valence-electron chi connectivity index (χ0n) is 9.37. The average Bonchev–Trinajstić information content (AvgIpc) is 2.30. The van der Waals surface area contributed by atoms with Crippen LogP contribution in [0.4, 0.5) is 0 Å². The van der Waals surface area contributed by atoms with Crippen LogP contribution in [-0.2, 0) is 16.0 Å². The molecule has 1 aliphatic heterocycles. The Labute approximate surface area is 131 Å². The van der Waals surface area contributed by atoms with Crippen molar-refractivity contribution in [3.63, 3.8) is 0 Å². The van der Waals surface area contributed by atoms with Crippen molar-refractivity contribution in [2.24, 2.45) is 5.92 Å². The van der Waals surface area contributed by atoms with Crippen molar-refractivity contribution < 1.29 is 14.7 Å². The monoisotopic (exact) mass is 406 g/mol. The summed E-state index contributed by atoms with van der Waals surface area (Å²) in [5.41, 5.74) is 0.736. The second-order valence-corrected chi connectivity index (χ2v) is 6.09. The summed E-state index contributed by atoms with van der Waals surface area (Å²) in [7, 11) is 0. The van der Waals surface area contributed by atoms with Crippen LogP contribution in [0.15, 0.2) is 21.1 Å². The molecule has 0 bridgehead atoms. The molecule has 1 heterocycles. The number of nitrogens with one attached hydrogen (secondary N) is 2. The van der Waals surface area contributed by atoms with E-state index in [0.717, 1.165) is 5.56 Å². The molecule has 0 unspecified atom stereocenters. The van der Waals surface area contributed by atoms with Gasteiger partial charge in [-0.2, -0.15) is 0 Å². The molecular formula is C11H8Br2N2O3S. The van der Waals surface area contributed by atoms with E-state index >= 15 is 0 Å². The number of aromatic hydroxyl groups is 1. The van der Waals surface area contributed by atoms with E-state index < -0.39 is 17.7 Å². The second kappa shape index (κ2) is 5.56. The number of thiocarbonyl (C=S) groups is 1. The second-order valence-electron chi connectivity index (χ2n) is 3.97. The van der Waals surface area contributed by atoms with Gasteiger partial charge in [0.1, 0.15) is 11.7 Å². The van der Waals surface area contributed by atoms with Gasteiger partial charge in [-0.1, -0.05) is 0 Å². The molecule has 1 aromatic rings. The third-order valence-corrected chi connectivity index (χ3v) is 4.04. The Bertz CT molecular complexity index is 548. The Balaban J connectivity index is 2.24. The number of amides is 2. The highest BCUT2D eigenvalue weighted by Gasteiger charge is 2.32. The number of hydrogen-bond acceptors (Lipinski definition) is 4. The normalized spacial score (nSPS) is 16.2. The highest BCUT2D eigenvalue weighted by atomic mass is 79.9. The van der Waals surface area contributed by atoms with Crippen molar-refractivity contribution in [2.45, 2.75) is 6.42 Å². The molecule has 2 amide bonds. The minimum atomic E-state index is -0.838. The maximum atomic E-state index is 11.7. The first-order valence-electron chi connectivity index (χ1n) is 5.21. The Morgan fingerprint density at radius 2 is 1.63 bits per heavy atom. The van der Waals surface area contributed by atoms with Crippen LogP contribution in [0, 0.1) is 5.92 Å². The number of carbonyl (C=O) groups is 2. The van der Waals surface area contributed by atoms with Crippen LogP contribution in [0.5, 0.6) is 5.75 Å². The lowest BCUT2D eigenvalue weighted by molar-refractivity contribution is -0.135. The van der Waals surface area contributed by atoms with Gasteiger partial charge in [0.05, 0.1) is 8.95 Å². The minimum Gasteiger partial charge on any atom is -0.506 e. The maximum absolute atomic E-state index is 11.7. The molecule has 1 aromatic carbocycles. The molecular weight excluding hydrogens is 400 g/mol. The van der Waals surface area contributed by atoms with Gasteiger partial charge in [-0.3, -0.25) is 9.59 Å². The Morgan fingerprint density at radius 1 is 1.16 bits per heavy atom. The molecule has 19 heavy (non-hydrogen) atoms. The molecule has 1 saturated heterocycles. The summed E-state index contributed by atoms with van der Waals surface area (Å²) in [6, 6.07) is 3.32. The summed E-state index contributed by atoms with van der Waals surface area (Å²) in [4.78, 5) is 23.4. The Kier molecular flexibility index (Phi) is 4.22. The van der Waals surface area contributed by atoms with E-state index in [4.69, 9.17) is 12.2 Å². The first kappa shape index (κ1) is 14.4. The van der Waals surface area contributed by atoms with E-state index in [-0.39, 0.29) is 17.3 Å². The molecule has 0 spiro atoms. The van der Waals surface area contributed by atoms with Gasteiger partial charge in [0.2, 0.25) is 11.8 Å². The highest BCUT2D eigenvalue weighted by Crippen LogP contribution is 2.34. The van der Waals surface area contributed by atoms with Gasteiger partial charge >= 0.3 is 0 Å². The third kappa shape index (κ3) is 3.13. The summed E-state index contributed by atoms with van der Waals surface area (Å²) in [6.07, 6.45) is 0.220. The minimum absolute atomic E-state index is 0.0271. The summed E-state index contributed by atoms with van der Waals surface area (Å²) in [5, 5.41) is 14.4. The molecule has 3 N–H and O–H groups in total. The maximum Gasteiger partial charge on any atom is 0.239 e. The quantitative estimate of drug-likeness (QED) is 0.514. The molecule has 5 nitrogen and oxygen atoms in total. The molecule has 100 valence electrons. The lowest BCUT2D eigenvalue weighted by atomic mass is 9.96. The molecule has 0 radical (unpaired) electrons. The van der Waals surface area contributed by atoms with Gasteiger partial charge in [0, 0.05) is 0 Å². The molecule has 8 heteroatoms. The van der Waals surface area contributed by atoms with Gasteiger partial charge in [-0.25, -0.2) is 0 Å². The standard InChI is InChI=1S/C11H8Br2N2O3S/c12-6-2-4(3-7(13)8(6)16)1-5-9(17)14-11(19)15-10(5)18/h2-3,5,16H,1H2,(H2,14,15,17,18,19). The fourth-order valence-electron chi connectivity index (χ4n) is 1.71. The van der Waals surface area contributed by atoms with Crippen molar-refractivity contribution in [3.05, 3.63) is 26.6 Å². The van der Waals surface area contributed by atoms with E-state index in [2.05, 4.69) is 42.5 Å². The molecule has 0 saturated carbocycles. The van der Waals surface area contributed by atoms with E-state index in [1.807, 2.05) is 0 Å². The van der Waals surface area contributed by atoms with Crippen LogP contribution >= 0.6 is 44.1 Å². The predicted octanol–water partition coefficient (Wildman–Crippen LogP) is 1.61. The summed E-state index contributed by atoms with van der Waals surface area (Å²) < 4.78 is 0.980. The zero-order valence-corrected chi connectivity index (χ0v) is 13.4. The van der Waals surface area contributed by atoms with Crippen molar-refractivity contribution in [1.82, 2.24) is 10.6 Å². The zero-order chi connectivity index (χ0) is 14.2. The average molecular weight is 408 g/mol. The first-order chi connectivity index (χ1) is 8.88. The van der Waals surface area contributed by atoms with Crippen LogP contribution < -0.4 is 10.6 Å². The Morgan fingerprint density at radius 3 is 2.11 bits per heavy atom. The van der Waals surface area contributed by atoms with Crippen molar-refractivity contribution in [3.8, 4) is 5.75 Å². The predicted molar refractivity (Wildman–Crippen MR) is 79.6 cm³/mol. The molecule has 2 rings (SSSR count). The van der Waals surface area contributed by atoms with Gasteiger partial charge in [0.25, 0.3) is 0 Å². The van der Waals surface area contributed by atoms with Crippen molar-refractivity contribution in [1.29, 1.82) is 0 Å². The SMILES string of the molecule is O=C1NC(=S)NC(=O)C1Cc1cc(Br)c(O)c(Br)c1. The third-order valence-electron chi connectivity index (χ3n) is 2.62. The van der Waals surface area contributed by atoms with E-state index in [0.29, 0.717) is 8.95 Å². The summed E-state index contributed by atoms with van der Waals surface area (Å²) in [5.74, 6) is -1.61. The number of halogens is 2. The molecule has 1 aliphatic rings. The fraction of sp³-hybridized carbons (Fsp3) is 0.182. The summed E-state index contributed by atoms with van der Waals surface area (Å²) in [6.45, 7) is 0. The first-order valence-corrected chi connectivity index (χ1v) is 7.20. The number of hydrogen-bond donors (Lipinski definition) is 3. The number of benzene rings is 1. The van der Waals surface area contributed by atoms with Crippen LogP contribution in [0.2, 0.25) is 0 Å². The van der Waals surface area contributed by atoms with Crippen LogP contribution in [0.25, 0.3) is 0 Å².